The molecule has 2 aliphatic rings. The number of hydrogen-bond acceptors (Lipinski definition) is 6. The number of benzene rings is 1. The highest BCUT2D eigenvalue weighted by atomic mass is 32.2. The van der Waals surface area contributed by atoms with E-state index in [4.69, 9.17) is 4.74 Å². The molecule has 0 aromatic heterocycles. The van der Waals surface area contributed by atoms with E-state index in [2.05, 4.69) is 0 Å². The Kier molecular flexibility index (Phi) is 4.35. The first-order valence-corrected chi connectivity index (χ1v) is 9.58. The van der Waals surface area contributed by atoms with Crippen LogP contribution in [0.5, 0.6) is 5.75 Å². The van der Waals surface area contributed by atoms with E-state index < -0.39 is 10.0 Å². The van der Waals surface area contributed by atoms with E-state index in [0.717, 1.165) is 11.8 Å². The Hall–Kier alpha value is -1.58. The van der Waals surface area contributed by atoms with Gasteiger partial charge in [0, 0.05) is 13.1 Å². The molecule has 0 spiro atoms. The summed E-state index contributed by atoms with van der Waals surface area (Å²) in [5, 5.41) is -0.293. The molecule has 7 nitrogen and oxygen atoms in total. The zero-order valence-corrected chi connectivity index (χ0v) is 14.1. The lowest BCUT2D eigenvalue weighted by atomic mass is 10.1. The van der Waals surface area contributed by atoms with Gasteiger partial charge in [-0.15, -0.1) is 0 Å². The van der Waals surface area contributed by atoms with E-state index in [1.165, 1.54) is 21.3 Å². The predicted octanol–water partition coefficient (Wildman–Crippen LogP) is 1.15. The summed E-state index contributed by atoms with van der Waals surface area (Å²) in [7, 11) is -3.61. The first-order chi connectivity index (χ1) is 10.9. The lowest BCUT2D eigenvalue weighted by Gasteiger charge is -2.41. The average molecular weight is 356 g/mol. The molecule has 2 aliphatic heterocycles. The third-order valence-electron chi connectivity index (χ3n) is 3.75. The highest BCUT2D eigenvalue weighted by molar-refractivity contribution is 8.14. The van der Waals surface area contributed by atoms with Gasteiger partial charge < -0.3 is 4.74 Å². The summed E-state index contributed by atoms with van der Waals surface area (Å²) in [6.45, 7) is 2.65. The van der Waals surface area contributed by atoms with Gasteiger partial charge in [-0.1, -0.05) is 11.8 Å². The molecule has 9 heteroatoms. The highest BCUT2D eigenvalue weighted by Gasteiger charge is 2.45. The maximum Gasteiger partial charge on any atom is 0.289 e. The minimum atomic E-state index is -3.61. The van der Waals surface area contributed by atoms with Gasteiger partial charge in [-0.2, -0.15) is 4.31 Å². The van der Waals surface area contributed by atoms with Crippen molar-refractivity contribution in [2.75, 3.05) is 25.4 Å². The molecule has 0 saturated carbocycles. The zero-order chi connectivity index (χ0) is 16.6. The Morgan fingerprint density at radius 2 is 1.87 bits per heavy atom. The van der Waals surface area contributed by atoms with Gasteiger partial charge in [-0.05, 0) is 31.2 Å². The monoisotopic (exact) mass is 356 g/mol. The fraction of sp³-hybridized carbons (Fsp3) is 0.429. The van der Waals surface area contributed by atoms with Crippen LogP contribution < -0.4 is 4.74 Å². The summed E-state index contributed by atoms with van der Waals surface area (Å²) in [6.07, 6.45) is 0. The first-order valence-electron chi connectivity index (χ1n) is 7.15. The van der Waals surface area contributed by atoms with Crippen molar-refractivity contribution in [2.45, 2.75) is 17.9 Å². The molecule has 0 N–H and O–H groups in total. The molecule has 0 unspecified atom stereocenters. The van der Waals surface area contributed by atoms with Crippen molar-refractivity contribution in [2.24, 2.45) is 0 Å². The number of carbonyl (C=O) groups excluding carboxylic acids is 2. The highest BCUT2D eigenvalue weighted by Crippen LogP contribution is 2.30. The third-order valence-corrected chi connectivity index (χ3v) is 6.43. The van der Waals surface area contributed by atoms with Crippen LogP contribution >= 0.6 is 11.8 Å². The fourth-order valence-corrected chi connectivity index (χ4v) is 4.81. The number of imide groups is 1. The van der Waals surface area contributed by atoms with Crippen LogP contribution in [0.4, 0.5) is 4.79 Å². The van der Waals surface area contributed by atoms with Crippen molar-refractivity contribution in [3.8, 4) is 5.75 Å². The molecule has 0 atom stereocenters. The predicted molar refractivity (Wildman–Crippen MR) is 84.9 cm³/mol. The molecule has 0 bridgehead atoms. The quantitative estimate of drug-likeness (QED) is 0.787. The first kappa shape index (κ1) is 16.3. The van der Waals surface area contributed by atoms with Crippen LogP contribution in [-0.4, -0.2) is 60.3 Å². The molecule has 2 heterocycles. The summed E-state index contributed by atoms with van der Waals surface area (Å²) in [5.74, 6) is 0.502. The molecule has 23 heavy (non-hydrogen) atoms. The summed E-state index contributed by atoms with van der Waals surface area (Å²) in [4.78, 5) is 24.6. The molecule has 2 amide bonds. The Bertz CT molecular complexity index is 710. The summed E-state index contributed by atoms with van der Waals surface area (Å²) >= 11 is 0.958. The maximum atomic E-state index is 12.5. The maximum absolute atomic E-state index is 12.5. The molecular formula is C14H16N2O5S2. The summed E-state index contributed by atoms with van der Waals surface area (Å²) in [5.41, 5.74) is 0. The Morgan fingerprint density at radius 1 is 1.22 bits per heavy atom. The van der Waals surface area contributed by atoms with Crippen LogP contribution in [-0.2, 0) is 14.8 Å². The van der Waals surface area contributed by atoms with Crippen molar-refractivity contribution < 1.29 is 22.7 Å². The number of ether oxygens (including phenoxy) is 1. The van der Waals surface area contributed by atoms with Crippen LogP contribution in [0.15, 0.2) is 29.2 Å². The summed E-state index contributed by atoms with van der Waals surface area (Å²) in [6, 6.07) is 5.85. The Balaban J connectivity index is 1.68. The molecule has 0 aliphatic carbocycles. The third kappa shape index (κ3) is 2.96. The topological polar surface area (TPSA) is 84.0 Å². The van der Waals surface area contributed by atoms with E-state index in [-0.39, 0.29) is 40.9 Å². The molecule has 0 radical (unpaired) electrons. The number of rotatable bonds is 5. The van der Waals surface area contributed by atoms with Crippen LogP contribution in [0.2, 0.25) is 0 Å². The fourth-order valence-electron chi connectivity index (χ4n) is 2.52. The van der Waals surface area contributed by atoms with Gasteiger partial charge in [-0.3, -0.25) is 14.5 Å². The van der Waals surface area contributed by atoms with Gasteiger partial charge >= 0.3 is 0 Å². The zero-order valence-electron chi connectivity index (χ0n) is 12.5. The van der Waals surface area contributed by atoms with E-state index in [1.54, 1.807) is 12.1 Å². The minimum Gasteiger partial charge on any atom is -0.494 e. The second kappa shape index (κ2) is 6.14. The molecule has 1 aromatic rings. The molecule has 2 fully saturated rings. The van der Waals surface area contributed by atoms with Crippen LogP contribution in [0.25, 0.3) is 0 Å². The second-order valence-electron chi connectivity index (χ2n) is 5.20. The Morgan fingerprint density at radius 3 is 2.39 bits per heavy atom. The van der Waals surface area contributed by atoms with E-state index in [1.807, 2.05) is 6.92 Å². The number of carbonyl (C=O) groups is 2. The number of nitrogens with zero attached hydrogens (tertiary/aromatic N) is 2. The number of hydrogen-bond donors (Lipinski definition) is 0. The van der Waals surface area contributed by atoms with Crippen molar-refractivity contribution in [3.05, 3.63) is 24.3 Å². The Labute approximate surface area is 138 Å². The van der Waals surface area contributed by atoms with Crippen LogP contribution in [0, 0.1) is 0 Å². The average Bonchev–Trinajstić information content (AvgIpc) is 2.79. The molecule has 1 aromatic carbocycles. The molecular weight excluding hydrogens is 340 g/mol. The van der Waals surface area contributed by atoms with E-state index in [0.29, 0.717) is 12.4 Å². The standard InChI is InChI=1S/C14H16N2O5S2/c1-2-21-11-3-5-12(6-4-11)23(19,20)15-7-10(8-15)16-13(17)9-22-14(16)18/h3-6,10H,2,7-9H2,1H3. The van der Waals surface area contributed by atoms with Gasteiger partial charge in [-0.25, -0.2) is 8.42 Å². The number of sulfonamides is 1. The SMILES string of the molecule is CCOc1ccc(S(=O)(=O)N2CC(N3C(=O)CSC3=O)C2)cc1. The van der Waals surface area contributed by atoms with Crippen molar-refractivity contribution in [1.82, 2.24) is 9.21 Å². The van der Waals surface area contributed by atoms with Gasteiger partial charge in [0.25, 0.3) is 5.24 Å². The number of amides is 2. The van der Waals surface area contributed by atoms with Gasteiger partial charge in [0.15, 0.2) is 0 Å². The molecule has 124 valence electrons. The molecule has 3 rings (SSSR count). The number of thioether (sulfide) groups is 1. The summed E-state index contributed by atoms with van der Waals surface area (Å²) < 4.78 is 31.6. The second-order valence-corrected chi connectivity index (χ2v) is 8.06. The van der Waals surface area contributed by atoms with Gasteiger partial charge in [0.1, 0.15) is 5.75 Å². The van der Waals surface area contributed by atoms with Gasteiger partial charge in [0.05, 0.1) is 23.3 Å². The van der Waals surface area contributed by atoms with Crippen molar-refractivity contribution >= 4 is 32.9 Å². The smallest absolute Gasteiger partial charge is 0.289 e. The lowest BCUT2D eigenvalue weighted by Crippen LogP contribution is -2.61. The molecule has 2 saturated heterocycles. The van der Waals surface area contributed by atoms with Gasteiger partial charge in [0.2, 0.25) is 15.9 Å². The lowest BCUT2D eigenvalue weighted by molar-refractivity contribution is -0.127. The van der Waals surface area contributed by atoms with E-state index >= 15 is 0 Å². The van der Waals surface area contributed by atoms with Crippen LogP contribution in [0.3, 0.4) is 0 Å². The minimum absolute atomic E-state index is 0.140. The van der Waals surface area contributed by atoms with Crippen LogP contribution in [0.1, 0.15) is 6.92 Å². The van der Waals surface area contributed by atoms with Crippen molar-refractivity contribution in [1.29, 1.82) is 0 Å². The van der Waals surface area contributed by atoms with Crippen molar-refractivity contribution in [3.63, 3.8) is 0 Å². The largest absolute Gasteiger partial charge is 0.494 e. The normalized spacial score (nSPS) is 20.0. The van der Waals surface area contributed by atoms with E-state index in [9.17, 15) is 18.0 Å².